The maximum atomic E-state index is 6.27. The van der Waals surface area contributed by atoms with Gasteiger partial charge in [-0.1, -0.05) is 63.8 Å². The second-order valence-corrected chi connectivity index (χ2v) is 10.9. The smallest absolute Gasteiger partial charge is 0.0576 e. The van der Waals surface area contributed by atoms with Crippen molar-refractivity contribution in [1.29, 1.82) is 0 Å². The van der Waals surface area contributed by atoms with Gasteiger partial charge in [-0.2, -0.15) is 0 Å². The minimum atomic E-state index is 0.446. The van der Waals surface area contributed by atoms with Crippen molar-refractivity contribution in [2.45, 2.75) is 109 Å². The van der Waals surface area contributed by atoms with Gasteiger partial charge in [0.15, 0.2) is 0 Å². The molecule has 0 amide bonds. The highest BCUT2D eigenvalue weighted by Gasteiger charge is 2.25. The van der Waals surface area contributed by atoms with Gasteiger partial charge in [-0.25, -0.2) is 0 Å². The Kier molecular flexibility index (Phi) is 8.29. The third kappa shape index (κ3) is 6.57. The van der Waals surface area contributed by atoms with Crippen molar-refractivity contribution in [2.75, 3.05) is 13.2 Å². The van der Waals surface area contributed by atoms with E-state index in [4.69, 9.17) is 9.47 Å². The van der Waals surface area contributed by atoms with Gasteiger partial charge in [-0.3, -0.25) is 0 Å². The van der Waals surface area contributed by atoms with Crippen LogP contribution >= 0.6 is 0 Å². The molecule has 2 heterocycles. The molecule has 2 nitrogen and oxygen atoms in total. The summed E-state index contributed by atoms with van der Waals surface area (Å²) in [6.45, 7) is 6.56. The van der Waals surface area contributed by atoms with Crippen LogP contribution in [0.15, 0.2) is 24.3 Å². The summed E-state index contributed by atoms with van der Waals surface area (Å²) in [7, 11) is 0. The van der Waals surface area contributed by atoms with E-state index < -0.39 is 0 Å². The molecule has 4 rings (SSSR count). The summed E-state index contributed by atoms with van der Waals surface area (Å²) in [6.07, 6.45) is 16.7. The van der Waals surface area contributed by atoms with E-state index in [0.717, 1.165) is 31.0 Å². The molecule has 0 aromatic heterocycles. The van der Waals surface area contributed by atoms with E-state index in [9.17, 15) is 0 Å². The second kappa shape index (κ2) is 11.1. The van der Waals surface area contributed by atoms with Crippen LogP contribution in [0.5, 0.6) is 0 Å². The first-order chi connectivity index (χ1) is 14.7. The summed E-state index contributed by atoms with van der Waals surface area (Å²) in [5.41, 5.74) is 3.00. The van der Waals surface area contributed by atoms with Gasteiger partial charge in [0.25, 0.3) is 0 Å². The van der Waals surface area contributed by atoms with E-state index in [1.165, 1.54) is 88.2 Å². The van der Waals surface area contributed by atoms with Crippen LogP contribution in [0.2, 0.25) is 0 Å². The molecule has 2 heteroatoms. The molecule has 0 radical (unpaired) electrons. The van der Waals surface area contributed by atoms with Gasteiger partial charge in [-0.15, -0.1) is 0 Å². The van der Waals surface area contributed by atoms with E-state index in [1.807, 2.05) is 0 Å². The largest absolute Gasteiger partial charge is 0.378 e. The highest BCUT2D eigenvalue weighted by molar-refractivity contribution is 5.26. The lowest BCUT2D eigenvalue weighted by molar-refractivity contribution is -0.0397. The van der Waals surface area contributed by atoms with E-state index in [1.54, 1.807) is 0 Å². The summed E-state index contributed by atoms with van der Waals surface area (Å²) in [5, 5.41) is 0. The molecule has 4 unspecified atom stereocenters. The maximum absolute atomic E-state index is 6.27. The lowest BCUT2D eigenvalue weighted by atomic mass is 9.80. The van der Waals surface area contributed by atoms with Crippen molar-refractivity contribution in [3.8, 4) is 0 Å². The lowest BCUT2D eigenvalue weighted by Crippen LogP contribution is -2.28. The zero-order chi connectivity index (χ0) is 20.8. The van der Waals surface area contributed by atoms with Crippen molar-refractivity contribution >= 4 is 0 Å². The normalized spacial score (nSPS) is 35.3. The fourth-order valence-corrected chi connectivity index (χ4v) is 5.78. The number of hydrogen-bond acceptors (Lipinski definition) is 2. The Labute approximate surface area is 185 Å². The molecule has 2 aliphatic heterocycles. The fourth-order valence-electron chi connectivity index (χ4n) is 5.78. The monoisotopic (exact) mass is 412 g/mol. The molecule has 3 fully saturated rings. The number of rotatable bonds is 7. The van der Waals surface area contributed by atoms with E-state index in [2.05, 4.69) is 38.1 Å². The fraction of sp³-hybridized carbons (Fsp3) is 0.786. The minimum Gasteiger partial charge on any atom is -0.378 e. The van der Waals surface area contributed by atoms with E-state index in [0.29, 0.717) is 18.1 Å². The van der Waals surface area contributed by atoms with Crippen molar-refractivity contribution < 1.29 is 9.47 Å². The second-order valence-electron chi connectivity index (χ2n) is 10.9. The molecule has 0 spiro atoms. The van der Waals surface area contributed by atoms with Gasteiger partial charge in [0.2, 0.25) is 0 Å². The Morgan fingerprint density at radius 1 is 0.667 bits per heavy atom. The van der Waals surface area contributed by atoms with Crippen molar-refractivity contribution in [3.05, 3.63) is 35.4 Å². The first kappa shape index (κ1) is 22.3. The predicted molar refractivity (Wildman–Crippen MR) is 125 cm³/mol. The molecule has 1 aromatic carbocycles. The number of aryl methyl sites for hydroxylation is 1. The van der Waals surface area contributed by atoms with Gasteiger partial charge in [0.1, 0.15) is 0 Å². The first-order valence-corrected chi connectivity index (χ1v) is 13.0. The molecule has 2 saturated heterocycles. The predicted octanol–water partition coefficient (Wildman–Crippen LogP) is 7.30. The summed E-state index contributed by atoms with van der Waals surface area (Å²) in [5.74, 6) is 3.26. The Morgan fingerprint density at radius 3 is 1.90 bits per heavy atom. The van der Waals surface area contributed by atoms with Crippen LogP contribution in [0.4, 0.5) is 0 Å². The molecule has 3 aliphatic rings. The van der Waals surface area contributed by atoms with Gasteiger partial charge in [0.05, 0.1) is 18.8 Å². The molecule has 30 heavy (non-hydrogen) atoms. The molecule has 168 valence electrons. The highest BCUT2D eigenvalue weighted by Crippen LogP contribution is 2.33. The van der Waals surface area contributed by atoms with Crippen LogP contribution in [0.25, 0.3) is 0 Å². The average Bonchev–Trinajstić information content (AvgIpc) is 2.79. The maximum Gasteiger partial charge on any atom is 0.0576 e. The minimum absolute atomic E-state index is 0.446. The Bertz CT molecular complexity index is 600. The highest BCUT2D eigenvalue weighted by atomic mass is 16.5. The van der Waals surface area contributed by atoms with E-state index >= 15 is 0 Å². The number of hydrogen-bond donors (Lipinski definition) is 0. The van der Waals surface area contributed by atoms with Crippen LogP contribution < -0.4 is 0 Å². The van der Waals surface area contributed by atoms with Crippen molar-refractivity contribution in [2.24, 2.45) is 17.8 Å². The quantitative estimate of drug-likeness (QED) is 0.467. The van der Waals surface area contributed by atoms with Gasteiger partial charge < -0.3 is 9.47 Å². The Balaban J connectivity index is 1.15. The third-order valence-corrected chi connectivity index (χ3v) is 8.21. The van der Waals surface area contributed by atoms with Crippen molar-refractivity contribution in [3.63, 3.8) is 0 Å². The summed E-state index contributed by atoms with van der Waals surface area (Å²) < 4.78 is 12.3. The Morgan fingerprint density at radius 2 is 1.30 bits per heavy atom. The zero-order valence-corrected chi connectivity index (χ0v) is 19.5. The average molecular weight is 413 g/mol. The topological polar surface area (TPSA) is 18.5 Å². The first-order valence-electron chi connectivity index (χ1n) is 13.0. The molecule has 0 N–H and O–H groups in total. The van der Waals surface area contributed by atoms with Crippen LogP contribution in [0.1, 0.15) is 102 Å². The van der Waals surface area contributed by atoms with Gasteiger partial charge >= 0.3 is 0 Å². The third-order valence-electron chi connectivity index (χ3n) is 8.21. The van der Waals surface area contributed by atoms with Crippen LogP contribution in [0.3, 0.4) is 0 Å². The molecular weight excluding hydrogens is 368 g/mol. The molecule has 1 aromatic rings. The lowest BCUT2D eigenvalue weighted by Gasteiger charge is -2.32. The number of benzene rings is 1. The van der Waals surface area contributed by atoms with E-state index in [-0.39, 0.29) is 0 Å². The number of ether oxygens (including phenoxy) is 2. The summed E-state index contributed by atoms with van der Waals surface area (Å²) in [6, 6.07) is 9.52. The summed E-state index contributed by atoms with van der Waals surface area (Å²) >= 11 is 0. The molecule has 1 saturated carbocycles. The Hall–Kier alpha value is -0.860. The van der Waals surface area contributed by atoms with Crippen molar-refractivity contribution in [1.82, 2.24) is 0 Å². The van der Waals surface area contributed by atoms with Crippen LogP contribution in [-0.2, 0) is 15.9 Å². The molecular formula is C28H44O2. The molecule has 0 bridgehead atoms. The van der Waals surface area contributed by atoms with Crippen LogP contribution in [-0.4, -0.2) is 25.4 Å². The van der Waals surface area contributed by atoms with Crippen LogP contribution in [0, 0.1) is 17.8 Å². The SMILES string of the molecule is CC1CCC(CCc2ccc(C3CCC(CCC4CCC(C)CO4)OC3)cc2)CC1. The molecule has 1 aliphatic carbocycles. The zero-order valence-electron chi connectivity index (χ0n) is 19.5. The van der Waals surface area contributed by atoms with Gasteiger partial charge in [-0.05, 0) is 80.2 Å². The van der Waals surface area contributed by atoms with Gasteiger partial charge in [0, 0.05) is 12.5 Å². The standard InChI is InChI=1S/C28H44O2/c1-21-3-6-23(7-4-21)8-9-24-10-12-25(13-11-24)26-14-16-28(30-20-26)18-17-27-15-5-22(2)19-29-27/h10-13,21-23,26-28H,3-9,14-20H2,1-2H3. The molecule has 4 atom stereocenters. The summed E-state index contributed by atoms with van der Waals surface area (Å²) in [4.78, 5) is 0.